The van der Waals surface area contributed by atoms with Crippen LogP contribution in [0.15, 0.2) is 28.6 Å². The van der Waals surface area contributed by atoms with Gasteiger partial charge >= 0.3 is 5.76 Å². The second-order valence-corrected chi connectivity index (χ2v) is 5.88. The molecule has 1 aromatic heterocycles. The van der Waals surface area contributed by atoms with Crippen molar-refractivity contribution in [3.63, 3.8) is 0 Å². The highest BCUT2D eigenvalue weighted by Crippen LogP contribution is 2.28. The Morgan fingerprint density at radius 3 is 2.53 bits per heavy atom. The molecular formula is C8H5F2NO2S2. The maximum absolute atomic E-state index is 12.2. The third-order valence-corrected chi connectivity index (χ3v) is 4.58. The monoisotopic (exact) mass is 248 g/mol. The molecule has 0 saturated carbocycles. The molecule has 1 heterocycles. The zero-order valence-electron chi connectivity index (χ0n) is 7.22. The van der Waals surface area contributed by atoms with Crippen LogP contribution in [0.25, 0.3) is 10.2 Å². The lowest BCUT2D eigenvalue weighted by Crippen LogP contribution is -2.10. The fraction of sp³-hybridized carbons (Fsp3) is 0.125. The van der Waals surface area contributed by atoms with E-state index in [-0.39, 0.29) is 0 Å². The van der Waals surface area contributed by atoms with Crippen molar-refractivity contribution in [1.29, 1.82) is 0 Å². The second-order valence-electron chi connectivity index (χ2n) is 2.75. The second kappa shape index (κ2) is 3.49. The zero-order chi connectivity index (χ0) is 11.1. The highest BCUT2D eigenvalue weighted by molar-refractivity contribution is 7.93. The molecule has 0 amide bonds. The van der Waals surface area contributed by atoms with E-state index in [4.69, 9.17) is 0 Å². The van der Waals surface area contributed by atoms with Gasteiger partial charge in [-0.1, -0.05) is 12.1 Å². The molecule has 1 aromatic carbocycles. The first-order chi connectivity index (χ1) is 7.01. The maximum Gasteiger partial charge on any atom is 0.343 e. The first-order valence-electron chi connectivity index (χ1n) is 3.89. The molecule has 0 radical (unpaired) electrons. The van der Waals surface area contributed by atoms with Gasteiger partial charge in [0.2, 0.25) is 4.34 Å². The number of fused-ring (bicyclic) bond motifs is 1. The fourth-order valence-electron chi connectivity index (χ4n) is 1.05. The van der Waals surface area contributed by atoms with E-state index in [0.29, 0.717) is 10.2 Å². The Morgan fingerprint density at radius 1 is 1.27 bits per heavy atom. The van der Waals surface area contributed by atoms with E-state index in [2.05, 4.69) is 4.98 Å². The number of halogens is 2. The average molecular weight is 248 g/mol. The first-order valence-corrected chi connectivity index (χ1v) is 6.26. The normalized spacial score (nSPS) is 14.3. The van der Waals surface area contributed by atoms with Gasteiger partial charge in [0.1, 0.15) is 0 Å². The lowest BCUT2D eigenvalue weighted by Gasteiger charge is -1.95. The number of rotatable bonds is 2. The molecule has 1 unspecified atom stereocenters. The molecule has 0 N–H and O–H groups in total. The van der Waals surface area contributed by atoms with Crippen molar-refractivity contribution in [2.75, 3.05) is 0 Å². The largest absolute Gasteiger partial charge is 0.343 e. The number of hydrogen-bond donors (Lipinski definition) is 0. The van der Waals surface area contributed by atoms with Gasteiger partial charge in [-0.05, 0) is 12.1 Å². The van der Waals surface area contributed by atoms with Gasteiger partial charge in [0.05, 0.1) is 10.2 Å². The van der Waals surface area contributed by atoms with Crippen LogP contribution in [0.3, 0.4) is 0 Å². The molecule has 3 nitrogen and oxygen atoms in total. The molecule has 0 fully saturated rings. The van der Waals surface area contributed by atoms with Crippen LogP contribution in [0, 0.1) is 0 Å². The Hall–Kier alpha value is -1.08. The van der Waals surface area contributed by atoms with Crippen molar-refractivity contribution in [3.8, 4) is 0 Å². The van der Waals surface area contributed by atoms with Crippen molar-refractivity contribution < 1.29 is 17.2 Å². The summed E-state index contributed by atoms with van der Waals surface area (Å²) in [5.41, 5.74) is 0.418. The summed E-state index contributed by atoms with van der Waals surface area (Å²) in [6, 6.07) is 6.58. The topological polar surface area (TPSA) is 47.0 Å². The Morgan fingerprint density at radius 2 is 1.93 bits per heavy atom. The molecule has 80 valence electrons. The van der Waals surface area contributed by atoms with Crippen LogP contribution >= 0.6 is 11.3 Å². The summed E-state index contributed by atoms with van der Waals surface area (Å²) in [7, 11) is -4.56. The van der Waals surface area contributed by atoms with Gasteiger partial charge in [-0.2, -0.15) is 8.78 Å². The molecule has 7 heteroatoms. The number of alkyl halides is 2. The number of nitrogens with zero attached hydrogens (tertiary/aromatic N) is 1. The Labute approximate surface area is 88.3 Å². The van der Waals surface area contributed by atoms with Crippen LogP contribution < -0.4 is 0 Å². The highest BCUT2D eigenvalue weighted by Gasteiger charge is 2.30. The van der Waals surface area contributed by atoms with Crippen LogP contribution in [0.4, 0.5) is 8.78 Å². The minimum atomic E-state index is -4.56. The SMILES string of the molecule is O=S(=O)(c1nc2ccccc2s1)C(F)[18F]. The molecule has 0 aliphatic carbocycles. The van der Waals surface area contributed by atoms with E-state index in [0.717, 1.165) is 11.3 Å². The number of para-hydroxylation sites is 1. The lowest BCUT2D eigenvalue weighted by molar-refractivity contribution is 0.234. The summed E-state index contributed by atoms with van der Waals surface area (Å²) >= 11 is 0.753. The van der Waals surface area contributed by atoms with E-state index in [1.807, 2.05) is 0 Å². The van der Waals surface area contributed by atoms with Gasteiger partial charge in [0, 0.05) is 0 Å². The Balaban J connectivity index is 2.64. The van der Waals surface area contributed by atoms with Crippen molar-refractivity contribution in [1.82, 2.24) is 4.98 Å². The minimum absolute atomic E-state index is 0.418. The number of thiazole rings is 1. The molecule has 0 aliphatic rings. The van der Waals surface area contributed by atoms with Gasteiger partial charge in [0.25, 0.3) is 9.84 Å². The third kappa shape index (κ3) is 1.72. The number of hydrogen-bond acceptors (Lipinski definition) is 4. The van der Waals surface area contributed by atoms with Crippen LogP contribution in [-0.2, 0) is 9.84 Å². The quantitative estimate of drug-likeness (QED) is 0.819. The molecule has 0 spiro atoms. The van der Waals surface area contributed by atoms with Crippen molar-refractivity contribution in [2.45, 2.75) is 10.1 Å². The van der Waals surface area contributed by atoms with Crippen molar-refractivity contribution >= 4 is 31.4 Å². The lowest BCUT2D eigenvalue weighted by atomic mass is 10.3. The predicted octanol–water partition coefficient (Wildman–Crippen LogP) is 2.29. The fourth-order valence-corrected chi connectivity index (χ4v) is 3.08. The standard InChI is InChI=1S/C8H5F2NO2S2/c9-7(10)15(12,13)8-11-5-3-1-2-4-6(5)14-8/h1-4,7H/i9-1. The van der Waals surface area contributed by atoms with Crippen LogP contribution in [0.5, 0.6) is 0 Å². The number of sulfone groups is 1. The zero-order valence-corrected chi connectivity index (χ0v) is 8.86. The van der Waals surface area contributed by atoms with Crippen molar-refractivity contribution in [3.05, 3.63) is 24.3 Å². The summed E-state index contributed by atoms with van der Waals surface area (Å²) in [5.74, 6) is -3.42. The first kappa shape index (κ1) is 10.4. The van der Waals surface area contributed by atoms with Gasteiger partial charge in [-0.3, -0.25) is 0 Å². The van der Waals surface area contributed by atoms with Gasteiger partial charge in [0.15, 0.2) is 0 Å². The molecule has 0 saturated heterocycles. The molecular weight excluding hydrogens is 243 g/mol. The summed E-state index contributed by atoms with van der Waals surface area (Å²) in [6.07, 6.45) is 0. The maximum atomic E-state index is 12.2. The number of aromatic nitrogens is 1. The average Bonchev–Trinajstić information content (AvgIpc) is 2.61. The summed E-state index contributed by atoms with van der Waals surface area (Å²) in [5, 5.41) is 0. The van der Waals surface area contributed by atoms with Gasteiger partial charge in [-0.15, -0.1) is 11.3 Å². The summed E-state index contributed by atoms with van der Waals surface area (Å²) < 4.78 is 46.7. The molecule has 0 aliphatic heterocycles. The Bertz CT molecular complexity index is 558. The van der Waals surface area contributed by atoms with Crippen LogP contribution in [0.2, 0.25) is 0 Å². The van der Waals surface area contributed by atoms with Crippen LogP contribution in [-0.4, -0.2) is 19.2 Å². The van der Waals surface area contributed by atoms with Gasteiger partial charge in [-0.25, -0.2) is 13.4 Å². The van der Waals surface area contributed by atoms with E-state index < -0.39 is 19.9 Å². The van der Waals surface area contributed by atoms with E-state index in [9.17, 15) is 17.2 Å². The predicted molar refractivity (Wildman–Crippen MR) is 52.8 cm³/mol. The molecule has 1 atom stereocenters. The molecule has 0 bridgehead atoms. The molecule has 2 rings (SSSR count). The minimum Gasteiger partial charge on any atom is -0.225 e. The van der Waals surface area contributed by atoms with Gasteiger partial charge < -0.3 is 0 Å². The molecule has 2 aromatic rings. The van der Waals surface area contributed by atoms with E-state index in [1.54, 1.807) is 24.3 Å². The molecule has 15 heavy (non-hydrogen) atoms. The van der Waals surface area contributed by atoms with E-state index in [1.165, 1.54) is 0 Å². The summed E-state index contributed by atoms with van der Waals surface area (Å²) in [6.45, 7) is 0. The third-order valence-electron chi connectivity index (χ3n) is 1.75. The Kier molecular flexibility index (Phi) is 2.43. The number of benzene rings is 1. The highest BCUT2D eigenvalue weighted by atomic mass is 32.2. The van der Waals surface area contributed by atoms with Crippen LogP contribution in [0.1, 0.15) is 0 Å². The smallest absolute Gasteiger partial charge is 0.225 e. The summed E-state index contributed by atoms with van der Waals surface area (Å²) in [4.78, 5) is 3.66. The van der Waals surface area contributed by atoms with Crippen molar-refractivity contribution in [2.24, 2.45) is 0 Å². The van der Waals surface area contributed by atoms with E-state index >= 15 is 0 Å².